The number of aliphatic hydroxyl groups is 1. The summed E-state index contributed by atoms with van der Waals surface area (Å²) in [5, 5.41) is 17.9. The van der Waals surface area contributed by atoms with Crippen LogP contribution in [0.5, 0.6) is 0 Å². The van der Waals surface area contributed by atoms with Crippen molar-refractivity contribution in [3.63, 3.8) is 0 Å². The lowest BCUT2D eigenvalue weighted by molar-refractivity contribution is 0.0310. The van der Waals surface area contributed by atoms with Crippen molar-refractivity contribution in [1.82, 2.24) is 20.0 Å². The van der Waals surface area contributed by atoms with Gasteiger partial charge in [0.05, 0.1) is 18.4 Å². The Labute approximate surface area is 133 Å². The minimum absolute atomic E-state index is 0.378. The van der Waals surface area contributed by atoms with E-state index in [9.17, 15) is 5.11 Å². The Bertz CT molecular complexity index is 441. The summed E-state index contributed by atoms with van der Waals surface area (Å²) in [5.41, 5.74) is 2.50. The normalized spacial score (nSPS) is 18.7. The Hall–Kier alpha value is -0.950. The summed E-state index contributed by atoms with van der Waals surface area (Å²) in [6.45, 7) is 6.24. The molecule has 0 aromatic carbocycles. The third kappa shape index (κ3) is 5.05. The van der Waals surface area contributed by atoms with Crippen LogP contribution in [0.4, 0.5) is 0 Å². The molecule has 1 aliphatic heterocycles. The van der Waals surface area contributed by atoms with Crippen LogP contribution in [0, 0.1) is 0 Å². The molecule has 1 aromatic rings. The first kappa shape index (κ1) is 17.4. The lowest BCUT2D eigenvalue weighted by Crippen LogP contribution is -2.45. The molecule has 0 amide bonds. The summed E-state index contributed by atoms with van der Waals surface area (Å²) in [6.07, 6.45) is 4.97. The number of rotatable bonds is 8. The van der Waals surface area contributed by atoms with Crippen molar-refractivity contribution < 1.29 is 9.84 Å². The molecule has 1 saturated heterocycles. The summed E-state index contributed by atoms with van der Waals surface area (Å²) in [7, 11) is 3.61. The van der Waals surface area contributed by atoms with Gasteiger partial charge in [-0.05, 0) is 32.4 Å². The van der Waals surface area contributed by atoms with Crippen molar-refractivity contribution in [3.05, 3.63) is 17.5 Å². The molecule has 0 aliphatic carbocycles. The zero-order valence-corrected chi connectivity index (χ0v) is 14.1. The van der Waals surface area contributed by atoms with Crippen LogP contribution in [-0.4, -0.2) is 65.3 Å². The van der Waals surface area contributed by atoms with Gasteiger partial charge in [-0.1, -0.05) is 6.92 Å². The highest BCUT2D eigenvalue weighted by Gasteiger charge is 2.21. The van der Waals surface area contributed by atoms with Gasteiger partial charge in [0.25, 0.3) is 0 Å². The molecule has 22 heavy (non-hydrogen) atoms. The summed E-state index contributed by atoms with van der Waals surface area (Å²) < 4.78 is 6.88. The number of methoxy groups -OCH3 is 1. The summed E-state index contributed by atoms with van der Waals surface area (Å²) >= 11 is 0. The number of nitrogens with one attached hydrogen (secondary N) is 1. The van der Waals surface area contributed by atoms with E-state index in [2.05, 4.69) is 28.4 Å². The van der Waals surface area contributed by atoms with E-state index >= 15 is 0 Å². The van der Waals surface area contributed by atoms with Crippen LogP contribution in [0.15, 0.2) is 6.20 Å². The minimum atomic E-state index is -0.378. The van der Waals surface area contributed by atoms with Gasteiger partial charge >= 0.3 is 0 Å². The Morgan fingerprint density at radius 1 is 1.45 bits per heavy atom. The molecule has 2 heterocycles. The van der Waals surface area contributed by atoms with E-state index in [1.54, 1.807) is 7.11 Å². The fraction of sp³-hybridized carbons (Fsp3) is 0.812. The molecular formula is C16H30N4O2. The van der Waals surface area contributed by atoms with Crippen molar-refractivity contribution >= 4 is 0 Å². The maximum absolute atomic E-state index is 9.79. The summed E-state index contributed by atoms with van der Waals surface area (Å²) in [5.74, 6) is 0. The Kier molecular flexibility index (Phi) is 6.82. The van der Waals surface area contributed by atoms with Gasteiger partial charge in [0.2, 0.25) is 0 Å². The van der Waals surface area contributed by atoms with Crippen molar-refractivity contribution in [3.8, 4) is 0 Å². The van der Waals surface area contributed by atoms with E-state index in [-0.39, 0.29) is 6.10 Å². The topological polar surface area (TPSA) is 62.6 Å². The smallest absolute Gasteiger partial charge is 0.0900 e. The van der Waals surface area contributed by atoms with Crippen LogP contribution < -0.4 is 5.32 Å². The van der Waals surface area contributed by atoms with Crippen molar-refractivity contribution in [2.45, 2.75) is 44.9 Å². The van der Waals surface area contributed by atoms with Gasteiger partial charge < -0.3 is 20.1 Å². The standard InChI is InChI=1S/C16H30N4O2/c1-4-16-13(10-19(2)18-16)9-17-14-5-7-20(8-6-14)11-15(21)12-22-3/h10,14-15,17,21H,4-9,11-12H2,1-3H3. The van der Waals surface area contributed by atoms with Gasteiger partial charge in [0.15, 0.2) is 0 Å². The highest BCUT2D eigenvalue weighted by Crippen LogP contribution is 2.13. The molecule has 0 bridgehead atoms. The quantitative estimate of drug-likeness (QED) is 0.734. The Morgan fingerprint density at radius 2 is 2.18 bits per heavy atom. The first-order valence-corrected chi connectivity index (χ1v) is 8.26. The monoisotopic (exact) mass is 310 g/mol. The molecule has 0 saturated carbocycles. The van der Waals surface area contributed by atoms with Gasteiger partial charge in [-0.15, -0.1) is 0 Å². The van der Waals surface area contributed by atoms with Crippen LogP contribution in [0.2, 0.25) is 0 Å². The number of nitrogens with zero attached hydrogens (tertiary/aromatic N) is 3. The highest BCUT2D eigenvalue weighted by atomic mass is 16.5. The maximum atomic E-state index is 9.79. The van der Waals surface area contributed by atoms with E-state index in [1.165, 1.54) is 11.3 Å². The molecule has 0 spiro atoms. The number of aryl methyl sites for hydroxylation is 2. The molecular weight excluding hydrogens is 280 g/mol. The molecule has 1 aromatic heterocycles. The van der Waals surface area contributed by atoms with Crippen molar-refractivity contribution in [1.29, 1.82) is 0 Å². The number of hydrogen-bond acceptors (Lipinski definition) is 5. The highest BCUT2D eigenvalue weighted by molar-refractivity contribution is 5.16. The third-order valence-electron chi connectivity index (χ3n) is 4.32. The molecule has 2 N–H and O–H groups in total. The lowest BCUT2D eigenvalue weighted by Gasteiger charge is -2.33. The van der Waals surface area contributed by atoms with Crippen LogP contribution in [0.25, 0.3) is 0 Å². The van der Waals surface area contributed by atoms with Crippen LogP contribution in [0.3, 0.4) is 0 Å². The molecule has 126 valence electrons. The summed E-state index contributed by atoms with van der Waals surface area (Å²) in [4.78, 5) is 2.32. The van der Waals surface area contributed by atoms with Gasteiger partial charge in [0, 0.05) is 45.0 Å². The second kappa shape index (κ2) is 8.62. The molecule has 2 rings (SSSR count). The van der Waals surface area contributed by atoms with Gasteiger partial charge in [-0.25, -0.2) is 0 Å². The van der Waals surface area contributed by atoms with E-state index in [1.807, 2.05) is 11.7 Å². The molecule has 1 fully saturated rings. The second-order valence-electron chi connectivity index (χ2n) is 6.19. The van der Waals surface area contributed by atoms with Crippen molar-refractivity contribution in [2.24, 2.45) is 7.05 Å². The lowest BCUT2D eigenvalue weighted by atomic mass is 10.0. The molecule has 0 radical (unpaired) electrons. The first-order valence-electron chi connectivity index (χ1n) is 8.26. The van der Waals surface area contributed by atoms with E-state index in [0.29, 0.717) is 19.2 Å². The number of aromatic nitrogens is 2. The third-order valence-corrected chi connectivity index (χ3v) is 4.32. The molecule has 1 unspecified atom stereocenters. The SMILES string of the molecule is CCc1nn(C)cc1CNC1CCN(CC(O)COC)CC1. The number of piperidine rings is 1. The van der Waals surface area contributed by atoms with Crippen LogP contribution in [-0.2, 0) is 24.8 Å². The second-order valence-corrected chi connectivity index (χ2v) is 6.19. The number of hydrogen-bond donors (Lipinski definition) is 2. The fourth-order valence-corrected chi connectivity index (χ4v) is 3.15. The number of β-amino-alcohol motifs (C(OH)–C–C–N with tert-alkyl or cyclic N) is 1. The van der Waals surface area contributed by atoms with E-state index in [4.69, 9.17) is 4.74 Å². The van der Waals surface area contributed by atoms with Gasteiger partial charge in [-0.2, -0.15) is 5.10 Å². The maximum Gasteiger partial charge on any atom is 0.0900 e. The molecule has 1 atom stereocenters. The largest absolute Gasteiger partial charge is 0.389 e. The van der Waals surface area contributed by atoms with Gasteiger partial charge in [-0.3, -0.25) is 4.68 Å². The first-order chi connectivity index (χ1) is 10.6. The average Bonchev–Trinajstić information content (AvgIpc) is 2.87. The van der Waals surface area contributed by atoms with Crippen LogP contribution in [0.1, 0.15) is 31.0 Å². The van der Waals surface area contributed by atoms with E-state index < -0.39 is 0 Å². The number of aliphatic hydroxyl groups excluding tert-OH is 1. The predicted octanol–water partition coefficient (Wildman–Crippen LogP) is 0.544. The van der Waals surface area contributed by atoms with Crippen molar-refractivity contribution in [2.75, 3.05) is 33.4 Å². The molecule has 1 aliphatic rings. The minimum Gasteiger partial charge on any atom is -0.389 e. The average molecular weight is 310 g/mol. The zero-order valence-electron chi connectivity index (χ0n) is 14.1. The number of ether oxygens (including phenoxy) is 1. The van der Waals surface area contributed by atoms with Gasteiger partial charge in [0.1, 0.15) is 0 Å². The Morgan fingerprint density at radius 3 is 2.82 bits per heavy atom. The number of likely N-dealkylation sites (tertiary alicyclic amines) is 1. The zero-order chi connectivity index (χ0) is 15.9. The summed E-state index contributed by atoms with van der Waals surface area (Å²) in [6, 6.07) is 0.556. The molecule has 6 nitrogen and oxygen atoms in total. The Balaban J connectivity index is 1.71. The molecule has 6 heteroatoms. The van der Waals surface area contributed by atoms with E-state index in [0.717, 1.165) is 38.9 Å². The predicted molar refractivity (Wildman–Crippen MR) is 86.8 cm³/mol. The fourth-order valence-electron chi connectivity index (χ4n) is 3.15. The van der Waals surface area contributed by atoms with Crippen LogP contribution >= 0.6 is 0 Å².